The molecule has 3 heterocycles. The molecule has 0 aromatic carbocycles. The van der Waals surface area contributed by atoms with Gasteiger partial charge in [-0.1, -0.05) is 0 Å². The zero-order valence-electron chi connectivity index (χ0n) is 17.0. The van der Waals surface area contributed by atoms with E-state index in [0.717, 1.165) is 5.69 Å². The molecular formula is C20H26N4O6. The summed E-state index contributed by atoms with van der Waals surface area (Å²) in [6.45, 7) is 2.81. The number of likely N-dealkylation sites (tertiary alicyclic amines) is 1. The van der Waals surface area contributed by atoms with Crippen LogP contribution >= 0.6 is 0 Å². The van der Waals surface area contributed by atoms with Crippen molar-refractivity contribution in [3.05, 3.63) is 30.1 Å². The van der Waals surface area contributed by atoms with Gasteiger partial charge in [0.1, 0.15) is 12.7 Å². The SMILES string of the molecule is COc1c(OC2CCN(C(=O)O)CC2)ccnc1Nc1ccc(OCCO)nc1C. The van der Waals surface area contributed by atoms with E-state index < -0.39 is 6.09 Å². The second kappa shape index (κ2) is 9.97. The number of pyridine rings is 2. The van der Waals surface area contributed by atoms with Crippen molar-refractivity contribution in [2.45, 2.75) is 25.9 Å². The molecule has 3 N–H and O–H groups in total. The summed E-state index contributed by atoms with van der Waals surface area (Å²) in [5.74, 6) is 1.90. The fraction of sp³-hybridized carbons (Fsp3) is 0.450. The Balaban J connectivity index is 1.72. The largest absolute Gasteiger partial charge is 0.490 e. The zero-order valence-corrected chi connectivity index (χ0v) is 17.0. The predicted octanol–water partition coefficient (Wildman–Crippen LogP) is 2.43. The Bertz CT molecular complexity index is 870. The predicted molar refractivity (Wildman–Crippen MR) is 109 cm³/mol. The van der Waals surface area contributed by atoms with E-state index in [1.807, 2.05) is 13.0 Å². The summed E-state index contributed by atoms with van der Waals surface area (Å²) in [6.07, 6.45) is 1.83. The summed E-state index contributed by atoms with van der Waals surface area (Å²) >= 11 is 0. The number of hydrogen-bond donors (Lipinski definition) is 3. The first-order chi connectivity index (χ1) is 14.5. The van der Waals surface area contributed by atoms with Gasteiger partial charge in [0.15, 0.2) is 11.6 Å². The van der Waals surface area contributed by atoms with Crippen molar-refractivity contribution in [2.24, 2.45) is 0 Å². The van der Waals surface area contributed by atoms with Gasteiger partial charge in [0.2, 0.25) is 11.6 Å². The van der Waals surface area contributed by atoms with Crippen LogP contribution in [0, 0.1) is 6.92 Å². The molecule has 0 radical (unpaired) electrons. The molecular weight excluding hydrogens is 392 g/mol. The summed E-state index contributed by atoms with van der Waals surface area (Å²) in [6, 6.07) is 5.24. The number of carbonyl (C=O) groups is 1. The van der Waals surface area contributed by atoms with E-state index >= 15 is 0 Å². The van der Waals surface area contributed by atoms with Gasteiger partial charge in [-0.05, 0) is 13.0 Å². The van der Waals surface area contributed by atoms with Gasteiger partial charge in [-0.25, -0.2) is 14.8 Å². The normalized spacial score (nSPS) is 14.3. The molecule has 1 amide bonds. The van der Waals surface area contributed by atoms with Crippen molar-refractivity contribution < 1.29 is 29.2 Å². The van der Waals surface area contributed by atoms with Crippen LogP contribution in [0.3, 0.4) is 0 Å². The maximum Gasteiger partial charge on any atom is 0.407 e. The second-order valence-corrected chi connectivity index (χ2v) is 6.76. The fourth-order valence-corrected chi connectivity index (χ4v) is 3.18. The lowest BCUT2D eigenvalue weighted by Crippen LogP contribution is -2.41. The number of rotatable bonds is 8. The van der Waals surface area contributed by atoms with E-state index in [0.29, 0.717) is 54.8 Å². The zero-order chi connectivity index (χ0) is 21.5. The number of anilines is 2. The highest BCUT2D eigenvalue weighted by Crippen LogP contribution is 2.37. The van der Waals surface area contributed by atoms with Gasteiger partial charge in [0.25, 0.3) is 0 Å². The number of aryl methyl sites for hydroxylation is 1. The minimum absolute atomic E-state index is 0.0794. The molecule has 1 aliphatic heterocycles. The van der Waals surface area contributed by atoms with E-state index in [2.05, 4.69) is 15.3 Å². The first-order valence-electron chi connectivity index (χ1n) is 9.67. The Morgan fingerprint density at radius 3 is 2.70 bits per heavy atom. The van der Waals surface area contributed by atoms with Crippen molar-refractivity contribution in [1.82, 2.24) is 14.9 Å². The van der Waals surface area contributed by atoms with Gasteiger partial charge in [-0.3, -0.25) is 0 Å². The van der Waals surface area contributed by atoms with Gasteiger partial charge >= 0.3 is 6.09 Å². The van der Waals surface area contributed by atoms with Gasteiger partial charge in [0.05, 0.1) is 25.1 Å². The quantitative estimate of drug-likeness (QED) is 0.592. The Kier molecular flexibility index (Phi) is 7.12. The van der Waals surface area contributed by atoms with Crippen LogP contribution in [-0.4, -0.2) is 70.7 Å². The number of aromatic nitrogens is 2. The number of amides is 1. The van der Waals surface area contributed by atoms with Gasteiger partial charge in [-0.15, -0.1) is 0 Å². The lowest BCUT2D eigenvalue weighted by molar-refractivity contribution is 0.0878. The van der Waals surface area contributed by atoms with E-state index in [1.54, 1.807) is 25.4 Å². The highest BCUT2D eigenvalue weighted by atomic mass is 16.5. The molecule has 2 aromatic heterocycles. The average molecular weight is 418 g/mol. The topological polar surface area (TPSA) is 126 Å². The van der Waals surface area contributed by atoms with Crippen LogP contribution in [0.2, 0.25) is 0 Å². The third-order valence-corrected chi connectivity index (χ3v) is 4.73. The first kappa shape index (κ1) is 21.4. The molecule has 3 rings (SSSR count). The van der Waals surface area contributed by atoms with Crippen LogP contribution in [0.1, 0.15) is 18.5 Å². The minimum atomic E-state index is -0.904. The van der Waals surface area contributed by atoms with Gasteiger partial charge < -0.3 is 34.6 Å². The Morgan fingerprint density at radius 1 is 1.30 bits per heavy atom. The Hall–Kier alpha value is -3.27. The summed E-state index contributed by atoms with van der Waals surface area (Å²) < 4.78 is 17.0. The second-order valence-electron chi connectivity index (χ2n) is 6.76. The van der Waals surface area contributed by atoms with Crippen LogP contribution in [-0.2, 0) is 0 Å². The molecule has 0 unspecified atom stereocenters. The smallest absolute Gasteiger partial charge is 0.407 e. The molecule has 0 saturated carbocycles. The van der Waals surface area contributed by atoms with Crippen molar-refractivity contribution in [3.63, 3.8) is 0 Å². The first-order valence-corrected chi connectivity index (χ1v) is 9.67. The van der Waals surface area contributed by atoms with E-state index in [-0.39, 0.29) is 19.3 Å². The number of piperidine rings is 1. The minimum Gasteiger partial charge on any atom is -0.490 e. The van der Waals surface area contributed by atoms with Crippen molar-refractivity contribution in [3.8, 4) is 17.4 Å². The summed E-state index contributed by atoms with van der Waals surface area (Å²) in [7, 11) is 1.54. The van der Waals surface area contributed by atoms with Crippen LogP contribution in [0.25, 0.3) is 0 Å². The van der Waals surface area contributed by atoms with Crippen LogP contribution in [0.4, 0.5) is 16.3 Å². The van der Waals surface area contributed by atoms with Crippen molar-refractivity contribution in [2.75, 3.05) is 38.7 Å². The number of carboxylic acid groups (broad SMARTS) is 1. The average Bonchev–Trinajstić information content (AvgIpc) is 2.74. The maximum atomic E-state index is 11.1. The van der Waals surface area contributed by atoms with E-state index in [4.69, 9.17) is 24.4 Å². The third-order valence-electron chi connectivity index (χ3n) is 4.73. The Labute approximate surface area is 174 Å². The molecule has 10 heteroatoms. The summed E-state index contributed by atoms with van der Waals surface area (Å²) in [5.41, 5.74) is 1.42. The fourth-order valence-electron chi connectivity index (χ4n) is 3.18. The van der Waals surface area contributed by atoms with Gasteiger partial charge in [0, 0.05) is 44.3 Å². The Morgan fingerprint density at radius 2 is 2.07 bits per heavy atom. The molecule has 30 heavy (non-hydrogen) atoms. The third kappa shape index (κ3) is 5.20. The molecule has 1 aliphatic rings. The van der Waals surface area contributed by atoms with Crippen molar-refractivity contribution in [1.29, 1.82) is 0 Å². The number of aliphatic hydroxyl groups is 1. The number of nitrogens with one attached hydrogen (secondary N) is 1. The molecule has 0 bridgehead atoms. The highest BCUT2D eigenvalue weighted by molar-refractivity contribution is 5.67. The maximum absolute atomic E-state index is 11.1. The standard InChI is InChI=1S/C20H26N4O6/c1-13-15(3-4-17(22-13)29-12-11-25)23-19-18(28-2)16(5-8-21-19)30-14-6-9-24(10-7-14)20(26)27/h3-5,8,14,25H,6-7,9-12H2,1-2H3,(H,21,23)(H,26,27). The number of methoxy groups -OCH3 is 1. The lowest BCUT2D eigenvalue weighted by atomic mass is 10.1. The molecule has 10 nitrogen and oxygen atoms in total. The molecule has 1 saturated heterocycles. The molecule has 0 aliphatic carbocycles. The van der Waals surface area contributed by atoms with Crippen LogP contribution in [0.5, 0.6) is 17.4 Å². The van der Waals surface area contributed by atoms with E-state index in [9.17, 15) is 4.79 Å². The number of hydrogen-bond acceptors (Lipinski definition) is 8. The number of aliphatic hydroxyl groups excluding tert-OH is 1. The van der Waals surface area contributed by atoms with Crippen LogP contribution in [0.15, 0.2) is 24.4 Å². The molecule has 0 atom stereocenters. The summed E-state index contributed by atoms with van der Waals surface area (Å²) in [4.78, 5) is 21.2. The molecule has 2 aromatic rings. The van der Waals surface area contributed by atoms with E-state index in [1.165, 1.54) is 4.90 Å². The van der Waals surface area contributed by atoms with Crippen LogP contribution < -0.4 is 19.5 Å². The molecule has 0 spiro atoms. The summed E-state index contributed by atoms with van der Waals surface area (Å²) in [5, 5.41) is 21.1. The van der Waals surface area contributed by atoms with Gasteiger partial charge in [-0.2, -0.15) is 0 Å². The lowest BCUT2D eigenvalue weighted by Gasteiger charge is -2.30. The monoisotopic (exact) mass is 418 g/mol. The van der Waals surface area contributed by atoms with Crippen molar-refractivity contribution >= 4 is 17.6 Å². The molecule has 162 valence electrons. The number of ether oxygens (including phenoxy) is 3. The molecule has 1 fully saturated rings. The highest BCUT2D eigenvalue weighted by Gasteiger charge is 2.25. The number of nitrogens with zero attached hydrogens (tertiary/aromatic N) is 3.